The van der Waals surface area contributed by atoms with Gasteiger partial charge in [0.15, 0.2) is 0 Å². The number of rotatable bonds is 0. The zero-order valence-corrected chi connectivity index (χ0v) is 11.2. The first-order valence-corrected chi connectivity index (χ1v) is 5.65. The molecule has 1 rings (SSSR count). The third-order valence-electron chi connectivity index (χ3n) is 2.75. The summed E-state index contributed by atoms with van der Waals surface area (Å²) < 4.78 is 47.1. The predicted molar refractivity (Wildman–Crippen MR) is 73.3 cm³/mol. The molecule has 0 spiro atoms. The Labute approximate surface area is 110 Å². The number of hydrogen-bond acceptors (Lipinski definition) is 0. The first-order valence-electron chi connectivity index (χ1n) is 8.65. The number of benzene rings is 1. The van der Waals surface area contributed by atoms with Crippen LogP contribution in [0.1, 0.15) is 72.0 Å². The molecule has 0 aliphatic carbocycles. The maximum atomic E-state index is 7.85. The highest BCUT2D eigenvalue weighted by Gasteiger charge is 2.22. The molecule has 0 bridgehead atoms. The Kier molecular flexibility index (Phi) is 1.67. The summed E-state index contributed by atoms with van der Waals surface area (Å²) in [6, 6.07) is 3.31. The van der Waals surface area contributed by atoms with Gasteiger partial charge in [-0.05, 0) is 46.8 Å². The van der Waals surface area contributed by atoms with Gasteiger partial charge in [0.2, 0.25) is 0 Å². The van der Waals surface area contributed by atoms with E-state index >= 15 is 0 Å². The molecule has 0 aromatic heterocycles. The Hall–Kier alpha value is -0.780. The Balaban J connectivity index is 3.96. The lowest BCUT2D eigenvalue weighted by molar-refractivity contribution is 0.569. The fraction of sp³-hybridized carbons (Fsp3) is 0.625. The van der Waals surface area contributed by atoms with Crippen molar-refractivity contribution in [2.24, 2.45) is 0 Å². The lowest BCUT2D eigenvalue weighted by atomic mass is 9.77. The summed E-state index contributed by atoms with van der Waals surface area (Å²) in [5.74, 6) is 0. The molecule has 0 saturated heterocycles. The third kappa shape index (κ3) is 2.66. The third-order valence-corrected chi connectivity index (χ3v) is 2.75. The van der Waals surface area contributed by atoms with Gasteiger partial charge in [-0.2, -0.15) is 0 Å². The largest absolute Gasteiger partial charge is 0.0561 e. The monoisotopic (exact) mass is 224 g/mol. The van der Waals surface area contributed by atoms with Gasteiger partial charge in [-0.15, -0.1) is 0 Å². The summed E-state index contributed by atoms with van der Waals surface area (Å²) in [6.07, 6.45) is 0. The van der Waals surface area contributed by atoms with E-state index in [1.807, 2.05) is 41.5 Å². The van der Waals surface area contributed by atoms with Gasteiger partial charge in [0, 0.05) is 8.22 Å². The van der Waals surface area contributed by atoms with Crippen LogP contribution in [0.3, 0.4) is 0 Å². The lowest BCUT2D eigenvalue weighted by Gasteiger charge is -2.28. The lowest BCUT2D eigenvalue weighted by Crippen LogP contribution is -2.18. The molecule has 1 aromatic rings. The van der Waals surface area contributed by atoms with Crippen LogP contribution in [-0.2, 0) is 10.8 Å². The molecule has 16 heavy (non-hydrogen) atoms. The molecule has 0 radical (unpaired) electrons. The highest BCUT2D eigenvalue weighted by atomic mass is 14.3. The molecule has 0 aliphatic heterocycles. The molecule has 0 aliphatic rings. The molecule has 0 heterocycles. The van der Waals surface area contributed by atoms with Crippen LogP contribution < -0.4 is 0 Å². The van der Waals surface area contributed by atoms with E-state index in [9.17, 15) is 0 Å². The molecule has 0 atom stereocenters. The van der Waals surface area contributed by atoms with Gasteiger partial charge in [0.05, 0.1) is 0 Å². The highest BCUT2D eigenvalue weighted by molar-refractivity contribution is 5.43. The Morgan fingerprint density at radius 2 is 1.25 bits per heavy atom. The van der Waals surface area contributed by atoms with E-state index in [1.165, 1.54) is 0 Å². The molecule has 0 N–H and O–H groups in total. The van der Waals surface area contributed by atoms with Crippen LogP contribution in [0.2, 0.25) is 0 Å². The summed E-state index contributed by atoms with van der Waals surface area (Å²) in [5, 5.41) is 0. The van der Waals surface area contributed by atoms with Crippen LogP contribution >= 0.6 is 0 Å². The van der Waals surface area contributed by atoms with E-state index in [0.717, 1.165) is 5.56 Å². The van der Waals surface area contributed by atoms with Crippen molar-refractivity contribution in [1.29, 1.82) is 0 Å². The van der Waals surface area contributed by atoms with Crippen molar-refractivity contribution in [3.8, 4) is 0 Å². The number of hydrogen-bond donors (Lipinski definition) is 0. The van der Waals surface area contributed by atoms with Gasteiger partial charge in [-0.25, -0.2) is 0 Å². The number of aryl methyl sites for hydroxylation is 2. The van der Waals surface area contributed by atoms with E-state index in [2.05, 4.69) is 0 Å². The summed E-state index contributed by atoms with van der Waals surface area (Å²) in [6.45, 7) is 6.72. The molecular weight excluding hydrogens is 192 g/mol. The van der Waals surface area contributed by atoms with E-state index in [-0.39, 0.29) is 16.5 Å². The van der Waals surface area contributed by atoms with Gasteiger partial charge < -0.3 is 0 Å². The second kappa shape index (κ2) is 3.91. The fourth-order valence-corrected chi connectivity index (χ4v) is 1.88. The molecule has 0 heteroatoms. The van der Waals surface area contributed by atoms with Crippen molar-refractivity contribution in [2.45, 2.75) is 66.1 Å². The van der Waals surface area contributed by atoms with Crippen LogP contribution in [0.4, 0.5) is 0 Å². The summed E-state index contributed by atoms with van der Waals surface area (Å²) >= 11 is 0. The molecule has 0 unspecified atom stereocenters. The maximum Gasteiger partial charge on any atom is 0.0280 e. The van der Waals surface area contributed by atoms with Crippen LogP contribution in [0.15, 0.2) is 12.1 Å². The van der Waals surface area contributed by atoms with Crippen LogP contribution in [-0.4, -0.2) is 0 Å². The fourth-order valence-electron chi connectivity index (χ4n) is 1.88. The molecular formula is C16H26. The topological polar surface area (TPSA) is 0 Å². The smallest absolute Gasteiger partial charge is 0.0280 e. The van der Waals surface area contributed by atoms with Crippen molar-refractivity contribution in [2.75, 3.05) is 0 Å². The zero-order chi connectivity index (χ0) is 17.7. The standard InChI is InChI=1S/C16H26/c1-11-9-13(15(3,4)5)10-12(2)14(11)16(6,7)8/h9-10H,1-8H3/i1D3,2D3. The Morgan fingerprint density at radius 3 is 1.50 bits per heavy atom. The van der Waals surface area contributed by atoms with Gasteiger partial charge in [0.25, 0.3) is 0 Å². The SMILES string of the molecule is [2H]C([2H])([2H])c1cc(C(C)(C)C)cc(C([2H])([2H])[2H])c1C(C)(C)C. The predicted octanol–water partition coefficient (Wildman–Crippen LogP) is 4.90. The molecule has 0 nitrogen and oxygen atoms in total. The van der Waals surface area contributed by atoms with E-state index in [1.54, 1.807) is 12.1 Å². The minimum Gasteiger partial charge on any atom is -0.0561 e. The average molecular weight is 224 g/mol. The zero-order valence-electron chi connectivity index (χ0n) is 17.2. The van der Waals surface area contributed by atoms with Gasteiger partial charge in [-0.1, -0.05) is 53.7 Å². The molecule has 90 valence electrons. The van der Waals surface area contributed by atoms with Crippen LogP contribution in [0, 0.1) is 13.7 Å². The average Bonchev–Trinajstić information content (AvgIpc) is 2.22. The van der Waals surface area contributed by atoms with E-state index in [0.29, 0.717) is 5.56 Å². The quantitative estimate of drug-likeness (QED) is 0.588. The van der Waals surface area contributed by atoms with Crippen molar-refractivity contribution >= 4 is 0 Å². The van der Waals surface area contributed by atoms with Crippen LogP contribution in [0.25, 0.3) is 0 Å². The first kappa shape index (κ1) is 6.83. The maximum absolute atomic E-state index is 7.85. The second-order valence-corrected chi connectivity index (χ2v) is 6.45. The minimum atomic E-state index is -2.34. The van der Waals surface area contributed by atoms with Crippen molar-refractivity contribution in [3.05, 3.63) is 34.4 Å². The Bertz CT molecular complexity index is 515. The molecule has 1 aromatic carbocycles. The van der Waals surface area contributed by atoms with Crippen LogP contribution in [0.5, 0.6) is 0 Å². The first-order chi connectivity index (χ1) is 9.45. The summed E-state index contributed by atoms with van der Waals surface area (Å²) in [5.41, 5.74) is 0.565. The van der Waals surface area contributed by atoms with Crippen molar-refractivity contribution < 1.29 is 8.22 Å². The molecule has 0 saturated carbocycles. The minimum absolute atomic E-state index is 0.151. The molecule has 0 fully saturated rings. The summed E-state index contributed by atoms with van der Waals surface area (Å²) in [4.78, 5) is 0. The van der Waals surface area contributed by atoms with E-state index < -0.39 is 19.1 Å². The van der Waals surface area contributed by atoms with Crippen molar-refractivity contribution in [1.82, 2.24) is 0 Å². The summed E-state index contributed by atoms with van der Waals surface area (Å²) in [7, 11) is 0. The molecule has 0 amide bonds. The van der Waals surface area contributed by atoms with Gasteiger partial charge >= 0.3 is 0 Å². The van der Waals surface area contributed by atoms with Crippen molar-refractivity contribution in [3.63, 3.8) is 0 Å². The van der Waals surface area contributed by atoms with E-state index in [4.69, 9.17) is 8.22 Å². The van der Waals surface area contributed by atoms with Gasteiger partial charge in [0.1, 0.15) is 0 Å². The normalized spacial score (nSPS) is 20.1. The highest BCUT2D eigenvalue weighted by Crippen LogP contribution is 2.33. The Morgan fingerprint density at radius 1 is 0.812 bits per heavy atom. The van der Waals surface area contributed by atoms with Gasteiger partial charge in [-0.3, -0.25) is 0 Å². The second-order valence-electron chi connectivity index (χ2n) is 6.45.